The standard InChI is InChI=1S/C14H23NO5/c1-9(16)7-5-4-6-8-12(17)10(2)13(18)15-11(3)14(19)20/h4-6,8-12,16-17H,7H2,1-3H3,(H,15,18)(H,19,20)/b5-4+,8-6+. The molecule has 0 aliphatic carbocycles. The SMILES string of the molecule is CC(O)C/C=C/C=C/C(O)C(C)C(=O)NC(C)C(=O)O. The number of aliphatic hydroxyl groups excluding tert-OH is 2. The van der Waals surface area contributed by atoms with Gasteiger partial charge in [-0.05, 0) is 20.3 Å². The highest BCUT2D eigenvalue weighted by molar-refractivity contribution is 5.84. The smallest absolute Gasteiger partial charge is 0.325 e. The maximum Gasteiger partial charge on any atom is 0.325 e. The van der Waals surface area contributed by atoms with E-state index in [9.17, 15) is 14.7 Å². The molecule has 0 aliphatic heterocycles. The van der Waals surface area contributed by atoms with Gasteiger partial charge < -0.3 is 20.6 Å². The first-order valence-electron chi connectivity index (χ1n) is 6.48. The Bertz CT molecular complexity index is 376. The van der Waals surface area contributed by atoms with E-state index in [4.69, 9.17) is 10.2 Å². The first kappa shape index (κ1) is 18.3. The van der Waals surface area contributed by atoms with E-state index in [0.717, 1.165) is 0 Å². The first-order chi connectivity index (χ1) is 9.25. The highest BCUT2D eigenvalue weighted by atomic mass is 16.4. The van der Waals surface area contributed by atoms with Gasteiger partial charge in [-0.2, -0.15) is 0 Å². The molecule has 0 aromatic rings. The van der Waals surface area contributed by atoms with E-state index in [1.54, 1.807) is 25.2 Å². The van der Waals surface area contributed by atoms with Crippen molar-refractivity contribution in [2.45, 2.75) is 45.4 Å². The van der Waals surface area contributed by atoms with Gasteiger partial charge >= 0.3 is 5.97 Å². The summed E-state index contributed by atoms with van der Waals surface area (Å²) in [5.41, 5.74) is 0. The predicted octanol–water partition coefficient (Wildman–Crippen LogP) is 0.456. The third-order valence-corrected chi connectivity index (χ3v) is 2.69. The Morgan fingerprint density at radius 3 is 2.25 bits per heavy atom. The van der Waals surface area contributed by atoms with Crippen LogP contribution in [0.15, 0.2) is 24.3 Å². The number of carboxylic acids is 1. The highest BCUT2D eigenvalue weighted by Crippen LogP contribution is 2.05. The van der Waals surface area contributed by atoms with Crippen LogP contribution in [-0.4, -0.2) is 45.4 Å². The molecule has 0 heterocycles. The number of hydrogen-bond donors (Lipinski definition) is 4. The summed E-state index contributed by atoms with van der Waals surface area (Å²) < 4.78 is 0. The number of amides is 1. The van der Waals surface area contributed by atoms with Crippen molar-refractivity contribution in [1.29, 1.82) is 0 Å². The number of aliphatic hydroxyl groups is 2. The van der Waals surface area contributed by atoms with E-state index < -0.39 is 36.0 Å². The van der Waals surface area contributed by atoms with Crippen LogP contribution in [0.5, 0.6) is 0 Å². The summed E-state index contributed by atoms with van der Waals surface area (Å²) in [6, 6.07) is -0.993. The lowest BCUT2D eigenvalue weighted by Gasteiger charge is -2.17. The summed E-state index contributed by atoms with van der Waals surface area (Å²) in [6.45, 7) is 4.53. The van der Waals surface area contributed by atoms with Gasteiger partial charge in [0.05, 0.1) is 18.1 Å². The van der Waals surface area contributed by atoms with Crippen LogP contribution in [0.2, 0.25) is 0 Å². The van der Waals surface area contributed by atoms with E-state index in [0.29, 0.717) is 6.42 Å². The summed E-state index contributed by atoms with van der Waals surface area (Å²) in [6.07, 6.45) is 5.50. The molecule has 0 rings (SSSR count). The van der Waals surface area contributed by atoms with Gasteiger partial charge in [0.2, 0.25) is 5.91 Å². The first-order valence-corrected chi connectivity index (χ1v) is 6.48. The van der Waals surface area contributed by atoms with Gasteiger partial charge in [0.25, 0.3) is 0 Å². The van der Waals surface area contributed by atoms with Gasteiger partial charge in [0.15, 0.2) is 0 Å². The number of hydrogen-bond acceptors (Lipinski definition) is 4. The number of carboxylic acid groups (broad SMARTS) is 1. The molecular formula is C14H23NO5. The Morgan fingerprint density at radius 1 is 1.15 bits per heavy atom. The summed E-state index contributed by atoms with van der Waals surface area (Å²) in [5, 5.41) is 29.8. The van der Waals surface area contributed by atoms with E-state index in [-0.39, 0.29) is 0 Å². The Hall–Kier alpha value is -1.66. The third kappa shape index (κ3) is 7.70. The predicted molar refractivity (Wildman–Crippen MR) is 75.0 cm³/mol. The summed E-state index contributed by atoms with van der Waals surface area (Å²) >= 11 is 0. The molecule has 6 heteroatoms. The molecule has 0 saturated carbocycles. The summed E-state index contributed by atoms with van der Waals surface area (Å²) in [7, 11) is 0. The maximum atomic E-state index is 11.7. The minimum Gasteiger partial charge on any atom is -0.480 e. The molecule has 4 atom stereocenters. The van der Waals surface area contributed by atoms with Crippen molar-refractivity contribution in [3.05, 3.63) is 24.3 Å². The lowest BCUT2D eigenvalue weighted by Crippen LogP contribution is -2.43. The Kier molecular flexibility index (Phi) is 8.51. The van der Waals surface area contributed by atoms with E-state index in [1.165, 1.54) is 19.9 Å². The second-order valence-corrected chi connectivity index (χ2v) is 4.75. The molecule has 0 radical (unpaired) electrons. The highest BCUT2D eigenvalue weighted by Gasteiger charge is 2.23. The van der Waals surface area contributed by atoms with Gasteiger partial charge in [-0.1, -0.05) is 31.2 Å². The van der Waals surface area contributed by atoms with Crippen molar-refractivity contribution in [2.24, 2.45) is 5.92 Å². The lowest BCUT2D eigenvalue weighted by molar-refractivity contribution is -0.142. The van der Waals surface area contributed by atoms with Crippen LogP contribution < -0.4 is 5.32 Å². The van der Waals surface area contributed by atoms with Crippen LogP contribution in [0, 0.1) is 5.92 Å². The van der Waals surface area contributed by atoms with Crippen molar-refractivity contribution in [3.8, 4) is 0 Å². The van der Waals surface area contributed by atoms with Crippen LogP contribution in [-0.2, 0) is 9.59 Å². The molecule has 0 aromatic heterocycles. The second kappa shape index (κ2) is 9.28. The number of carbonyl (C=O) groups excluding carboxylic acids is 1. The van der Waals surface area contributed by atoms with Gasteiger partial charge in [-0.3, -0.25) is 9.59 Å². The minimum absolute atomic E-state index is 0.424. The summed E-state index contributed by atoms with van der Waals surface area (Å²) in [4.78, 5) is 22.3. The molecule has 0 bridgehead atoms. The van der Waals surface area contributed by atoms with Crippen molar-refractivity contribution >= 4 is 11.9 Å². The molecule has 114 valence electrons. The Labute approximate surface area is 118 Å². The molecule has 20 heavy (non-hydrogen) atoms. The topological polar surface area (TPSA) is 107 Å². The zero-order valence-electron chi connectivity index (χ0n) is 12.0. The number of rotatable bonds is 8. The normalized spacial score (nSPS) is 17.9. The zero-order valence-corrected chi connectivity index (χ0v) is 12.0. The van der Waals surface area contributed by atoms with Gasteiger partial charge in [0, 0.05) is 0 Å². The molecule has 0 spiro atoms. The average Bonchev–Trinajstić information content (AvgIpc) is 2.36. The largest absolute Gasteiger partial charge is 0.480 e. The molecule has 4 unspecified atom stereocenters. The Morgan fingerprint density at radius 2 is 1.75 bits per heavy atom. The number of carbonyl (C=O) groups is 2. The fourth-order valence-electron chi connectivity index (χ4n) is 1.26. The van der Waals surface area contributed by atoms with Crippen molar-refractivity contribution < 1.29 is 24.9 Å². The average molecular weight is 285 g/mol. The second-order valence-electron chi connectivity index (χ2n) is 4.75. The number of allylic oxidation sites excluding steroid dienone is 2. The number of nitrogens with one attached hydrogen (secondary N) is 1. The zero-order chi connectivity index (χ0) is 15.7. The van der Waals surface area contributed by atoms with Gasteiger partial charge in [0.1, 0.15) is 6.04 Å². The molecule has 0 saturated heterocycles. The quantitative estimate of drug-likeness (QED) is 0.485. The molecule has 0 aliphatic rings. The molecular weight excluding hydrogens is 262 g/mol. The van der Waals surface area contributed by atoms with Gasteiger partial charge in [-0.15, -0.1) is 0 Å². The van der Waals surface area contributed by atoms with Crippen molar-refractivity contribution in [1.82, 2.24) is 5.32 Å². The van der Waals surface area contributed by atoms with Gasteiger partial charge in [-0.25, -0.2) is 0 Å². The molecule has 1 amide bonds. The van der Waals surface area contributed by atoms with Crippen LogP contribution in [0.1, 0.15) is 27.2 Å². The molecule has 0 aromatic carbocycles. The third-order valence-electron chi connectivity index (χ3n) is 2.69. The number of aliphatic carboxylic acids is 1. The van der Waals surface area contributed by atoms with Crippen LogP contribution in [0.3, 0.4) is 0 Å². The van der Waals surface area contributed by atoms with E-state index in [2.05, 4.69) is 5.32 Å². The lowest BCUT2D eigenvalue weighted by atomic mass is 10.0. The van der Waals surface area contributed by atoms with Crippen LogP contribution in [0.4, 0.5) is 0 Å². The van der Waals surface area contributed by atoms with Crippen molar-refractivity contribution in [3.63, 3.8) is 0 Å². The molecule has 0 fully saturated rings. The monoisotopic (exact) mass is 285 g/mol. The van der Waals surface area contributed by atoms with Crippen LogP contribution in [0.25, 0.3) is 0 Å². The maximum absolute atomic E-state index is 11.7. The fourth-order valence-corrected chi connectivity index (χ4v) is 1.26. The molecule has 6 nitrogen and oxygen atoms in total. The fraction of sp³-hybridized carbons (Fsp3) is 0.571. The molecule has 4 N–H and O–H groups in total. The van der Waals surface area contributed by atoms with E-state index >= 15 is 0 Å². The van der Waals surface area contributed by atoms with Crippen LogP contribution >= 0.6 is 0 Å². The van der Waals surface area contributed by atoms with E-state index in [1.807, 2.05) is 0 Å². The Balaban J connectivity index is 4.29. The summed E-state index contributed by atoms with van der Waals surface area (Å²) in [5.74, 6) is -2.40. The minimum atomic E-state index is -1.13. The van der Waals surface area contributed by atoms with Crippen molar-refractivity contribution in [2.75, 3.05) is 0 Å².